The van der Waals surface area contributed by atoms with Crippen molar-refractivity contribution >= 4 is 17.5 Å². The van der Waals surface area contributed by atoms with Gasteiger partial charge in [-0.1, -0.05) is 0 Å². The van der Waals surface area contributed by atoms with Crippen LogP contribution in [-0.4, -0.2) is 23.4 Å². The second-order valence-corrected chi connectivity index (χ2v) is 5.61. The van der Waals surface area contributed by atoms with Crippen molar-refractivity contribution in [3.05, 3.63) is 30.1 Å². The third-order valence-electron chi connectivity index (χ3n) is 2.43. The molecule has 0 aromatic heterocycles. The SMILES string of the molecule is CC(C)(C)NC(=O)CC(Nc1ccc(F)cc1)C(N)=O. The van der Waals surface area contributed by atoms with Crippen molar-refractivity contribution in [2.75, 3.05) is 5.32 Å². The van der Waals surface area contributed by atoms with Gasteiger partial charge in [0.2, 0.25) is 11.8 Å². The van der Waals surface area contributed by atoms with Gasteiger partial charge in [0.05, 0.1) is 6.42 Å². The van der Waals surface area contributed by atoms with E-state index in [9.17, 15) is 14.0 Å². The molecule has 1 aromatic rings. The van der Waals surface area contributed by atoms with Gasteiger partial charge in [-0.25, -0.2) is 4.39 Å². The topological polar surface area (TPSA) is 84.2 Å². The van der Waals surface area contributed by atoms with E-state index in [1.165, 1.54) is 24.3 Å². The molecule has 0 fully saturated rings. The summed E-state index contributed by atoms with van der Waals surface area (Å²) in [6.45, 7) is 5.53. The summed E-state index contributed by atoms with van der Waals surface area (Å²) in [5.74, 6) is -1.30. The lowest BCUT2D eigenvalue weighted by molar-refractivity contribution is -0.126. The van der Waals surface area contributed by atoms with E-state index in [0.717, 1.165) is 0 Å². The number of amides is 2. The summed E-state index contributed by atoms with van der Waals surface area (Å²) < 4.78 is 12.8. The maximum atomic E-state index is 12.8. The molecule has 0 saturated heterocycles. The van der Waals surface area contributed by atoms with Crippen LogP contribution in [-0.2, 0) is 9.59 Å². The Bertz CT molecular complexity index is 480. The van der Waals surface area contributed by atoms with E-state index in [1.807, 2.05) is 20.8 Å². The van der Waals surface area contributed by atoms with E-state index in [1.54, 1.807) is 0 Å². The molecule has 0 aliphatic heterocycles. The normalized spacial score (nSPS) is 12.6. The number of halogens is 1. The van der Waals surface area contributed by atoms with Gasteiger partial charge in [-0.2, -0.15) is 0 Å². The van der Waals surface area contributed by atoms with E-state index in [4.69, 9.17) is 5.73 Å². The summed E-state index contributed by atoms with van der Waals surface area (Å²) in [6, 6.07) is 4.63. The molecule has 110 valence electrons. The molecule has 0 radical (unpaired) electrons. The fourth-order valence-corrected chi connectivity index (χ4v) is 1.62. The standard InChI is InChI=1S/C14H20FN3O2/c1-14(2,3)18-12(19)8-11(13(16)20)17-10-6-4-9(15)5-7-10/h4-7,11,17H,8H2,1-3H3,(H2,16,20)(H,18,19). The largest absolute Gasteiger partial charge is 0.373 e. The summed E-state index contributed by atoms with van der Waals surface area (Å²) >= 11 is 0. The van der Waals surface area contributed by atoms with Crippen LogP contribution in [0, 0.1) is 5.82 Å². The van der Waals surface area contributed by atoms with Crippen LogP contribution in [0.3, 0.4) is 0 Å². The molecule has 0 bridgehead atoms. The number of anilines is 1. The minimum absolute atomic E-state index is 0.0794. The van der Waals surface area contributed by atoms with Crippen LogP contribution in [0.15, 0.2) is 24.3 Å². The number of benzene rings is 1. The second-order valence-electron chi connectivity index (χ2n) is 5.61. The molecule has 6 heteroatoms. The molecule has 1 atom stereocenters. The van der Waals surface area contributed by atoms with Gasteiger partial charge in [-0.15, -0.1) is 0 Å². The lowest BCUT2D eigenvalue weighted by Crippen LogP contribution is -2.45. The van der Waals surface area contributed by atoms with Gasteiger partial charge < -0.3 is 16.4 Å². The van der Waals surface area contributed by atoms with E-state index < -0.39 is 11.9 Å². The van der Waals surface area contributed by atoms with Crippen LogP contribution < -0.4 is 16.4 Å². The first-order valence-corrected chi connectivity index (χ1v) is 6.30. The predicted octanol–water partition coefficient (Wildman–Crippen LogP) is 1.40. The van der Waals surface area contributed by atoms with Gasteiger partial charge in [-0.05, 0) is 45.0 Å². The third-order valence-corrected chi connectivity index (χ3v) is 2.43. The number of nitrogens with one attached hydrogen (secondary N) is 2. The van der Waals surface area contributed by atoms with Gasteiger partial charge in [0.1, 0.15) is 11.9 Å². The van der Waals surface area contributed by atoms with Crippen LogP contribution in [0.5, 0.6) is 0 Å². The van der Waals surface area contributed by atoms with Crippen LogP contribution in [0.25, 0.3) is 0 Å². The highest BCUT2D eigenvalue weighted by Gasteiger charge is 2.22. The molecule has 1 rings (SSSR count). The Morgan fingerprint density at radius 3 is 2.25 bits per heavy atom. The monoisotopic (exact) mass is 281 g/mol. The predicted molar refractivity (Wildman–Crippen MR) is 75.5 cm³/mol. The van der Waals surface area contributed by atoms with Crippen LogP contribution in [0.4, 0.5) is 10.1 Å². The van der Waals surface area contributed by atoms with E-state index >= 15 is 0 Å². The minimum atomic E-state index is -0.845. The van der Waals surface area contributed by atoms with E-state index in [2.05, 4.69) is 10.6 Å². The van der Waals surface area contributed by atoms with Gasteiger partial charge in [0, 0.05) is 11.2 Å². The van der Waals surface area contributed by atoms with Crippen molar-refractivity contribution in [3.63, 3.8) is 0 Å². The Kier molecular flexibility index (Phi) is 5.07. The summed E-state index contributed by atoms with van der Waals surface area (Å²) in [5, 5.41) is 5.57. The van der Waals surface area contributed by atoms with Crippen molar-refractivity contribution in [2.24, 2.45) is 5.73 Å². The fraction of sp³-hybridized carbons (Fsp3) is 0.429. The third kappa shape index (κ3) is 5.69. The van der Waals surface area contributed by atoms with Crippen LogP contribution >= 0.6 is 0 Å². The van der Waals surface area contributed by atoms with Crippen molar-refractivity contribution in [2.45, 2.75) is 38.8 Å². The molecular weight excluding hydrogens is 261 g/mol. The number of hydrogen-bond acceptors (Lipinski definition) is 3. The zero-order chi connectivity index (χ0) is 15.3. The molecule has 0 spiro atoms. The number of rotatable bonds is 5. The molecule has 1 unspecified atom stereocenters. The average Bonchev–Trinajstić information content (AvgIpc) is 2.28. The summed E-state index contributed by atoms with van der Waals surface area (Å²) in [7, 11) is 0. The first-order chi connectivity index (χ1) is 9.17. The zero-order valence-corrected chi connectivity index (χ0v) is 11.9. The number of carbonyl (C=O) groups excluding carboxylic acids is 2. The number of primary amides is 1. The highest BCUT2D eigenvalue weighted by molar-refractivity contribution is 5.89. The Labute approximate surface area is 117 Å². The first kappa shape index (κ1) is 15.9. The van der Waals surface area contributed by atoms with Crippen LogP contribution in [0.2, 0.25) is 0 Å². The lowest BCUT2D eigenvalue weighted by Gasteiger charge is -2.23. The molecule has 1 aromatic carbocycles. The Hall–Kier alpha value is -2.11. The first-order valence-electron chi connectivity index (χ1n) is 6.30. The molecule has 5 nitrogen and oxygen atoms in total. The number of hydrogen-bond donors (Lipinski definition) is 3. The van der Waals surface area contributed by atoms with Gasteiger partial charge in [0.25, 0.3) is 0 Å². The maximum absolute atomic E-state index is 12.8. The second kappa shape index (κ2) is 6.36. The van der Waals surface area contributed by atoms with Crippen molar-refractivity contribution in [3.8, 4) is 0 Å². The minimum Gasteiger partial charge on any atom is -0.373 e. The van der Waals surface area contributed by atoms with Gasteiger partial charge >= 0.3 is 0 Å². The van der Waals surface area contributed by atoms with Gasteiger partial charge in [-0.3, -0.25) is 9.59 Å². The molecule has 0 saturated carbocycles. The molecule has 0 heterocycles. The average molecular weight is 281 g/mol. The van der Waals surface area contributed by atoms with Crippen molar-refractivity contribution in [1.82, 2.24) is 5.32 Å². The van der Waals surface area contributed by atoms with Crippen LogP contribution in [0.1, 0.15) is 27.2 Å². The quantitative estimate of drug-likeness (QED) is 0.762. The molecule has 20 heavy (non-hydrogen) atoms. The summed E-state index contributed by atoms with van der Waals surface area (Å²) in [4.78, 5) is 23.2. The molecular formula is C14H20FN3O2. The highest BCUT2D eigenvalue weighted by atomic mass is 19.1. The summed E-state index contributed by atoms with van der Waals surface area (Å²) in [5.41, 5.74) is 5.42. The molecule has 0 aliphatic carbocycles. The number of nitrogens with two attached hydrogens (primary N) is 1. The lowest BCUT2D eigenvalue weighted by atomic mass is 10.1. The van der Waals surface area contributed by atoms with Crippen molar-refractivity contribution < 1.29 is 14.0 Å². The smallest absolute Gasteiger partial charge is 0.240 e. The van der Waals surface area contributed by atoms with E-state index in [0.29, 0.717) is 5.69 Å². The number of carbonyl (C=O) groups is 2. The Morgan fingerprint density at radius 1 is 1.25 bits per heavy atom. The van der Waals surface area contributed by atoms with Gasteiger partial charge in [0.15, 0.2) is 0 Å². The highest BCUT2D eigenvalue weighted by Crippen LogP contribution is 2.11. The maximum Gasteiger partial charge on any atom is 0.240 e. The van der Waals surface area contributed by atoms with E-state index in [-0.39, 0.29) is 23.7 Å². The van der Waals surface area contributed by atoms with Crippen molar-refractivity contribution in [1.29, 1.82) is 0 Å². The Balaban J connectivity index is 2.68. The molecule has 2 amide bonds. The molecule has 4 N–H and O–H groups in total. The summed E-state index contributed by atoms with van der Waals surface area (Å²) in [6.07, 6.45) is -0.0794. The fourth-order valence-electron chi connectivity index (χ4n) is 1.62. The molecule has 0 aliphatic rings. The zero-order valence-electron chi connectivity index (χ0n) is 11.9. The Morgan fingerprint density at radius 2 is 1.80 bits per heavy atom.